The highest BCUT2D eigenvalue weighted by molar-refractivity contribution is 5.27. The summed E-state index contributed by atoms with van der Waals surface area (Å²) in [5.41, 5.74) is 1.10. The van der Waals surface area contributed by atoms with Crippen molar-refractivity contribution in [3.8, 4) is 5.75 Å². The third-order valence-electron chi connectivity index (χ3n) is 3.89. The molecule has 0 aromatic heterocycles. The second-order valence-corrected chi connectivity index (χ2v) is 5.51. The van der Waals surface area contributed by atoms with Crippen LogP contribution in [0.3, 0.4) is 0 Å². The molecular formula is C16H23F2NO. The molecular weight excluding hydrogens is 260 g/mol. The molecule has 0 bridgehead atoms. The van der Waals surface area contributed by atoms with E-state index in [-0.39, 0.29) is 5.75 Å². The van der Waals surface area contributed by atoms with Crippen LogP contribution in [0.4, 0.5) is 8.78 Å². The minimum absolute atomic E-state index is 0.215. The van der Waals surface area contributed by atoms with Gasteiger partial charge in [-0.2, -0.15) is 8.78 Å². The van der Waals surface area contributed by atoms with E-state index in [1.54, 1.807) is 12.1 Å². The first-order chi connectivity index (χ1) is 9.74. The molecule has 0 unspecified atom stereocenters. The van der Waals surface area contributed by atoms with Gasteiger partial charge < -0.3 is 10.1 Å². The average Bonchev–Trinajstić information content (AvgIpc) is 2.69. The predicted molar refractivity (Wildman–Crippen MR) is 76.0 cm³/mol. The van der Waals surface area contributed by atoms with E-state index < -0.39 is 6.61 Å². The molecule has 0 spiro atoms. The molecule has 1 aliphatic carbocycles. The van der Waals surface area contributed by atoms with Crippen molar-refractivity contribution >= 4 is 0 Å². The van der Waals surface area contributed by atoms with Crippen LogP contribution in [0.25, 0.3) is 0 Å². The first kappa shape index (κ1) is 15.2. The molecule has 4 heteroatoms. The lowest BCUT2D eigenvalue weighted by molar-refractivity contribution is -0.0498. The van der Waals surface area contributed by atoms with Crippen LogP contribution in [0.15, 0.2) is 24.3 Å². The SMILES string of the molecule is FC(F)Oc1ccc(CNCC2CCCCCC2)cc1. The minimum Gasteiger partial charge on any atom is -0.435 e. The standard InChI is InChI=1S/C16H23F2NO/c17-16(18)20-15-9-7-14(8-10-15)12-19-11-13-5-3-1-2-4-6-13/h7-10,13,16,19H,1-6,11-12H2. The zero-order chi connectivity index (χ0) is 14.2. The Morgan fingerprint density at radius 1 is 1.05 bits per heavy atom. The van der Waals surface area contributed by atoms with Crippen molar-refractivity contribution in [1.82, 2.24) is 5.32 Å². The lowest BCUT2D eigenvalue weighted by Crippen LogP contribution is -2.22. The van der Waals surface area contributed by atoms with Gasteiger partial charge in [0.15, 0.2) is 0 Å². The molecule has 1 saturated carbocycles. The summed E-state index contributed by atoms with van der Waals surface area (Å²) in [5, 5.41) is 3.47. The highest BCUT2D eigenvalue weighted by Crippen LogP contribution is 2.22. The molecule has 112 valence electrons. The zero-order valence-electron chi connectivity index (χ0n) is 11.8. The van der Waals surface area contributed by atoms with Gasteiger partial charge in [0.05, 0.1) is 0 Å². The topological polar surface area (TPSA) is 21.3 Å². The van der Waals surface area contributed by atoms with E-state index >= 15 is 0 Å². The van der Waals surface area contributed by atoms with Crippen molar-refractivity contribution in [2.75, 3.05) is 6.54 Å². The van der Waals surface area contributed by atoms with Crippen LogP contribution in [-0.4, -0.2) is 13.2 Å². The molecule has 1 fully saturated rings. The average molecular weight is 283 g/mol. The van der Waals surface area contributed by atoms with Crippen LogP contribution in [-0.2, 0) is 6.54 Å². The second-order valence-electron chi connectivity index (χ2n) is 5.51. The fourth-order valence-electron chi connectivity index (χ4n) is 2.78. The number of alkyl halides is 2. The van der Waals surface area contributed by atoms with Crippen molar-refractivity contribution in [3.05, 3.63) is 29.8 Å². The summed E-state index contributed by atoms with van der Waals surface area (Å²) in [6.45, 7) is -0.921. The second kappa shape index (κ2) is 8.20. The predicted octanol–water partition coefficient (Wildman–Crippen LogP) is 4.35. The summed E-state index contributed by atoms with van der Waals surface area (Å²) < 4.78 is 28.4. The van der Waals surface area contributed by atoms with E-state index in [2.05, 4.69) is 10.1 Å². The molecule has 2 nitrogen and oxygen atoms in total. The Bertz CT molecular complexity index is 373. The zero-order valence-corrected chi connectivity index (χ0v) is 11.8. The van der Waals surface area contributed by atoms with Gasteiger partial charge in [-0.3, -0.25) is 0 Å². The van der Waals surface area contributed by atoms with Gasteiger partial charge in [-0.15, -0.1) is 0 Å². The van der Waals surface area contributed by atoms with E-state index in [1.807, 2.05) is 12.1 Å². The Balaban J connectivity index is 1.70. The van der Waals surface area contributed by atoms with Gasteiger partial charge in [0.2, 0.25) is 0 Å². The van der Waals surface area contributed by atoms with Crippen LogP contribution < -0.4 is 10.1 Å². The van der Waals surface area contributed by atoms with Crippen LogP contribution in [0.2, 0.25) is 0 Å². The van der Waals surface area contributed by atoms with E-state index in [4.69, 9.17) is 0 Å². The van der Waals surface area contributed by atoms with Crippen LogP contribution in [0, 0.1) is 5.92 Å². The third kappa shape index (κ3) is 5.45. The molecule has 1 aromatic carbocycles. The monoisotopic (exact) mass is 283 g/mol. The molecule has 0 radical (unpaired) electrons. The van der Waals surface area contributed by atoms with Gasteiger partial charge in [0, 0.05) is 6.54 Å². The van der Waals surface area contributed by atoms with Crippen LogP contribution in [0.1, 0.15) is 44.1 Å². The number of nitrogens with one attached hydrogen (secondary N) is 1. The Morgan fingerprint density at radius 3 is 2.30 bits per heavy atom. The van der Waals surface area contributed by atoms with Crippen molar-refractivity contribution in [2.45, 2.75) is 51.7 Å². The summed E-state index contributed by atoms with van der Waals surface area (Å²) in [6, 6.07) is 6.85. The Morgan fingerprint density at radius 2 is 1.70 bits per heavy atom. The number of hydrogen-bond donors (Lipinski definition) is 1. The molecule has 1 N–H and O–H groups in total. The number of rotatable bonds is 6. The van der Waals surface area contributed by atoms with Gasteiger partial charge in [0.1, 0.15) is 5.75 Å². The Hall–Kier alpha value is -1.16. The molecule has 0 atom stereocenters. The largest absolute Gasteiger partial charge is 0.435 e. The van der Waals surface area contributed by atoms with Crippen LogP contribution in [0.5, 0.6) is 5.75 Å². The van der Waals surface area contributed by atoms with Crippen molar-refractivity contribution in [2.24, 2.45) is 5.92 Å². The molecule has 0 aliphatic heterocycles. The van der Waals surface area contributed by atoms with Crippen molar-refractivity contribution < 1.29 is 13.5 Å². The fourth-order valence-corrected chi connectivity index (χ4v) is 2.78. The highest BCUT2D eigenvalue weighted by atomic mass is 19.3. The lowest BCUT2D eigenvalue weighted by atomic mass is 10.0. The van der Waals surface area contributed by atoms with E-state index in [0.29, 0.717) is 0 Å². The Labute approximate surface area is 119 Å². The van der Waals surface area contributed by atoms with Gasteiger partial charge in [0.25, 0.3) is 0 Å². The first-order valence-electron chi connectivity index (χ1n) is 7.48. The lowest BCUT2D eigenvalue weighted by Gasteiger charge is -2.15. The molecule has 2 rings (SSSR count). The maximum absolute atomic E-state index is 12.0. The van der Waals surface area contributed by atoms with Gasteiger partial charge in [-0.25, -0.2) is 0 Å². The number of benzene rings is 1. The quantitative estimate of drug-likeness (QED) is 0.784. The summed E-state index contributed by atoms with van der Waals surface area (Å²) in [6.07, 6.45) is 8.12. The summed E-state index contributed by atoms with van der Waals surface area (Å²) in [7, 11) is 0. The van der Waals surface area contributed by atoms with E-state index in [1.165, 1.54) is 38.5 Å². The fraction of sp³-hybridized carbons (Fsp3) is 0.625. The number of halogens is 2. The van der Waals surface area contributed by atoms with Gasteiger partial charge in [-0.05, 0) is 43.0 Å². The molecule has 1 aromatic rings. The normalized spacial score (nSPS) is 17.1. The number of ether oxygens (including phenoxy) is 1. The van der Waals surface area contributed by atoms with Gasteiger partial charge >= 0.3 is 6.61 Å². The molecule has 0 heterocycles. The third-order valence-corrected chi connectivity index (χ3v) is 3.89. The Kier molecular flexibility index (Phi) is 6.25. The van der Waals surface area contributed by atoms with Crippen LogP contribution >= 0.6 is 0 Å². The highest BCUT2D eigenvalue weighted by Gasteiger charge is 2.11. The molecule has 0 amide bonds. The minimum atomic E-state index is -2.76. The summed E-state index contributed by atoms with van der Waals surface area (Å²) >= 11 is 0. The van der Waals surface area contributed by atoms with Crippen molar-refractivity contribution in [3.63, 3.8) is 0 Å². The summed E-state index contributed by atoms with van der Waals surface area (Å²) in [5.74, 6) is 1.01. The maximum atomic E-state index is 12.0. The van der Waals surface area contributed by atoms with E-state index in [0.717, 1.165) is 24.6 Å². The van der Waals surface area contributed by atoms with Crippen molar-refractivity contribution in [1.29, 1.82) is 0 Å². The molecule has 0 saturated heterocycles. The maximum Gasteiger partial charge on any atom is 0.387 e. The van der Waals surface area contributed by atoms with Gasteiger partial charge in [-0.1, -0.05) is 37.8 Å². The first-order valence-corrected chi connectivity index (χ1v) is 7.48. The molecule has 1 aliphatic rings. The smallest absolute Gasteiger partial charge is 0.387 e. The number of hydrogen-bond acceptors (Lipinski definition) is 2. The molecule has 20 heavy (non-hydrogen) atoms. The van der Waals surface area contributed by atoms with E-state index in [9.17, 15) is 8.78 Å². The summed E-state index contributed by atoms with van der Waals surface area (Å²) in [4.78, 5) is 0.